The van der Waals surface area contributed by atoms with Crippen molar-refractivity contribution in [3.8, 4) is 0 Å². The van der Waals surface area contributed by atoms with Crippen LogP contribution in [-0.4, -0.2) is 0 Å². The fourth-order valence-corrected chi connectivity index (χ4v) is 0.733. The first-order chi connectivity index (χ1) is 6.79. The zero-order valence-corrected chi connectivity index (χ0v) is 11.0. The van der Waals surface area contributed by atoms with Crippen LogP contribution in [0.25, 0.3) is 0 Å². The van der Waals surface area contributed by atoms with Gasteiger partial charge in [0.15, 0.2) is 0 Å². The second-order valence-electron chi connectivity index (χ2n) is 2.44. The minimum atomic E-state index is -0.209. The van der Waals surface area contributed by atoms with Gasteiger partial charge < -0.3 is 0 Å². The molecule has 0 saturated heterocycles. The average Bonchev–Trinajstić information content (AvgIpc) is 2.21. The second kappa shape index (κ2) is 8.25. The maximum atomic E-state index is 11.9. The molecule has 0 radical (unpaired) electrons. The molecule has 0 N–H and O–H groups in total. The van der Waals surface area contributed by atoms with E-state index in [1.165, 1.54) is 48.5 Å². The van der Waals surface area contributed by atoms with Gasteiger partial charge in [0.05, 0.1) is 0 Å². The molecule has 0 spiro atoms. The van der Waals surface area contributed by atoms with Crippen LogP contribution in [0.1, 0.15) is 0 Å². The van der Waals surface area contributed by atoms with Crippen LogP contribution in [0.4, 0.5) is 8.78 Å². The largest absolute Gasteiger partial charge is 2.00 e. The molecule has 0 atom stereocenters. The van der Waals surface area contributed by atoms with Crippen LogP contribution in [-0.2, 0) is 19.5 Å². The number of rotatable bonds is 0. The zero-order chi connectivity index (χ0) is 10.2. The van der Waals surface area contributed by atoms with Gasteiger partial charge in [-0.25, -0.2) is 8.78 Å². The molecule has 0 unspecified atom stereocenters. The van der Waals surface area contributed by atoms with E-state index in [4.69, 9.17) is 0 Å². The predicted molar refractivity (Wildman–Crippen MR) is 50.5 cm³/mol. The van der Waals surface area contributed by atoms with Crippen LogP contribution >= 0.6 is 0 Å². The Bertz CT molecular complexity index is 311. The van der Waals surface area contributed by atoms with Crippen LogP contribution in [0, 0.1) is 23.8 Å². The summed E-state index contributed by atoms with van der Waals surface area (Å²) in [5, 5.41) is 0. The molecule has 0 nitrogen and oxygen atoms in total. The van der Waals surface area contributed by atoms with Crippen LogP contribution in [0.2, 0.25) is 0 Å². The van der Waals surface area contributed by atoms with Crippen molar-refractivity contribution in [2.75, 3.05) is 0 Å². The number of benzene rings is 2. The van der Waals surface area contributed by atoms with Crippen molar-refractivity contribution >= 4 is 0 Å². The van der Waals surface area contributed by atoms with Crippen molar-refractivity contribution in [3.05, 3.63) is 72.3 Å². The van der Waals surface area contributed by atoms with Crippen LogP contribution in [0.3, 0.4) is 0 Å². The van der Waals surface area contributed by atoms with Crippen molar-refractivity contribution in [1.82, 2.24) is 0 Å². The van der Waals surface area contributed by atoms with Gasteiger partial charge in [0, 0.05) is 11.6 Å². The maximum Gasteiger partial charge on any atom is 2.00 e. The standard InChI is InChI=1S/2C6H4F.Zn/c2*7-6-4-2-1-3-5-6;/h2*2-5H;/q2*-1;+2. The summed E-state index contributed by atoms with van der Waals surface area (Å²) in [7, 11) is 0. The molecule has 0 saturated carbocycles. The van der Waals surface area contributed by atoms with Gasteiger partial charge in [0.2, 0.25) is 0 Å². The van der Waals surface area contributed by atoms with Gasteiger partial charge >= 0.3 is 19.5 Å². The van der Waals surface area contributed by atoms with Crippen molar-refractivity contribution in [1.29, 1.82) is 0 Å². The van der Waals surface area contributed by atoms with Gasteiger partial charge in [-0.05, 0) is 0 Å². The van der Waals surface area contributed by atoms with E-state index >= 15 is 0 Å². The molecule has 0 aliphatic carbocycles. The Hall–Kier alpha value is -1.08. The monoisotopic (exact) mass is 254 g/mol. The molecule has 0 heterocycles. The van der Waals surface area contributed by atoms with Gasteiger partial charge in [0.25, 0.3) is 0 Å². The molecule has 0 amide bonds. The summed E-state index contributed by atoms with van der Waals surface area (Å²) in [4.78, 5) is 0. The zero-order valence-electron chi connectivity index (χ0n) is 8.08. The van der Waals surface area contributed by atoms with Crippen molar-refractivity contribution in [2.45, 2.75) is 0 Å². The molecule has 0 fully saturated rings. The maximum absolute atomic E-state index is 11.9. The average molecular weight is 256 g/mol. The molecule has 3 heteroatoms. The molecule has 2 aromatic carbocycles. The summed E-state index contributed by atoms with van der Waals surface area (Å²) < 4.78 is 23.8. The summed E-state index contributed by atoms with van der Waals surface area (Å²) in [6.07, 6.45) is 0. The van der Waals surface area contributed by atoms with Crippen molar-refractivity contribution in [2.24, 2.45) is 0 Å². The smallest absolute Gasteiger partial charge is 0.236 e. The summed E-state index contributed by atoms with van der Waals surface area (Å²) in [5.41, 5.74) is 0. The summed E-state index contributed by atoms with van der Waals surface area (Å²) >= 11 is 0. The third-order valence-electron chi connectivity index (χ3n) is 1.36. The third-order valence-corrected chi connectivity index (χ3v) is 1.36. The molecule has 2 aromatic rings. The van der Waals surface area contributed by atoms with Gasteiger partial charge in [-0.15, -0.1) is 24.3 Å². The van der Waals surface area contributed by atoms with Gasteiger partial charge in [0.1, 0.15) is 0 Å². The van der Waals surface area contributed by atoms with E-state index in [1.807, 2.05) is 0 Å². The third kappa shape index (κ3) is 6.92. The second-order valence-corrected chi connectivity index (χ2v) is 2.44. The Balaban J connectivity index is 0.000000245. The fraction of sp³-hybridized carbons (Fsp3) is 0. The Morgan fingerprint density at radius 3 is 1.07 bits per heavy atom. The van der Waals surface area contributed by atoms with Crippen LogP contribution in [0.15, 0.2) is 48.5 Å². The van der Waals surface area contributed by atoms with E-state index in [0.717, 1.165) is 0 Å². The molecule has 15 heavy (non-hydrogen) atoms. The SMILES string of the molecule is Fc1cc[c-]cc1.Fc1cc[c-]cc1.[Zn+2]. The summed E-state index contributed by atoms with van der Waals surface area (Å²) in [6, 6.07) is 17.0. The topological polar surface area (TPSA) is 0 Å². The Morgan fingerprint density at radius 2 is 0.933 bits per heavy atom. The van der Waals surface area contributed by atoms with E-state index in [0.29, 0.717) is 0 Å². The fourth-order valence-electron chi connectivity index (χ4n) is 0.733. The Kier molecular flexibility index (Phi) is 7.66. The molecule has 2 rings (SSSR count). The molecule has 0 bridgehead atoms. The molecule has 72 valence electrons. The first-order valence-electron chi connectivity index (χ1n) is 4.02. The molecule has 0 aliphatic rings. The quantitative estimate of drug-likeness (QED) is 0.501. The minimum absolute atomic E-state index is 0. The Labute approximate surface area is 101 Å². The summed E-state index contributed by atoms with van der Waals surface area (Å²) in [5.74, 6) is -0.419. The molecular formula is C12H8F2Zn. The van der Waals surface area contributed by atoms with Gasteiger partial charge in [-0.2, -0.15) is 36.4 Å². The van der Waals surface area contributed by atoms with E-state index < -0.39 is 0 Å². The first kappa shape index (κ1) is 13.9. The minimum Gasteiger partial charge on any atom is -0.236 e. The number of hydrogen-bond acceptors (Lipinski definition) is 0. The predicted octanol–water partition coefficient (Wildman–Crippen LogP) is 3.25. The normalized spacial score (nSPS) is 8.13. The summed E-state index contributed by atoms with van der Waals surface area (Å²) in [6.45, 7) is 0. The Morgan fingerprint density at radius 1 is 0.667 bits per heavy atom. The molecule has 0 aliphatic heterocycles. The van der Waals surface area contributed by atoms with Crippen LogP contribution in [0.5, 0.6) is 0 Å². The van der Waals surface area contributed by atoms with Crippen molar-refractivity contribution in [3.63, 3.8) is 0 Å². The van der Waals surface area contributed by atoms with E-state index in [1.54, 1.807) is 0 Å². The van der Waals surface area contributed by atoms with E-state index in [-0.39, 0.29) is 31.1 Å². The first-order valence-corrected chi connectivity index (χ1v) is 4.02. The number of hydrogen-bond donors (Lipinski definition) is 0. The van der Waals surface area contributed by atoms with E-state index in [9.17, 15) is 8.78 Å². The molecular weight excluding hydrogens is 248 g/mol. The molecule has 0 aromatic heterocycles. The van der Waals surface area contributed by atoms with Crippen LogP contribution < -0.4 is 0 Å². The van der Waals surface area contributed by atoms with Gasteiger partial charge in [-0.3, -0.25) is 0 Å². The van der Waals surface area contributed by atoms with Gasteiger partial charge in [-0.1, -0.05) is 0 Å². The number of halogens is 2. The van der Waals surface area contributed by atoms with Crippen molar-refractivity contribution < 1.29 is 28.3 Å². The van der Waals surface area contributed by atoms with E-state index in [2.05, 4.69) is 12.1 Å².